The summed E-state index contributed by atoms with van der Waals surface area (Å²) in [5, 5.41) is 9.93. The summed E-state index contributed by atoms with van der Waals surface area (Å²) in [6, 6.07) is 1.65. The van der Waals surface area contributed by atoms with Gasteiger partial charge in [0, 0.05) is 5.56 Å². The van der Waals surface area contributed by atoms with E-state index in [1.807, 2.05) is 0 Å². The van der Waals surface area contributed by atoms with Crippen molar-refractivity contribution in [2.45, 2.75) is 24.7 Å². The average molecular weight is 350 g/mol. The summed E-state index contributed by atoms with van der Waals surface area (Å²) in [4.78, 5) is 11.6. The molecule has 0 atom stereocenters. The van der Waals surface area contributed by atoms with Crippen molar-refractivity contribution in [2.24, 2.45) is 0 Å². The van der Waals surface area contributed by atoms with Gasteiger partial charge in [-0.1, -0.05) is 18.0 Å². The number of hydrogen-bond acceptors (Lipinski definition) is 3. The Hall–Kier alpha value is -0.940. The minimum absolute atomic E-state index is 0.381. The number of benzene rings is 1. The van der Waals surface area contributed by atoms with E-state index in [2.05, 4.69) is 15.9 Å². The molecule has 0 heterocycles. The lowest BCUT2D eigenvalue weighted by atomic mass is 9.64. The Bertz CT molecular complexity index is 526. The Kier molecular flexibility index (Phi) is 3.97. The van der Waals surface area contributed by atoms with Crippen molar-refractivity contribution in [1.29, 1.82) is 0 Å². The molecule has 1 fully saturated rings. The molecule has 0 radical (unpaired) electrons. The number of hydrogen-bond donors (Lipinski definition) is 1. The highest BCUT2D eigenvalue weighted by atomic mass is 79.9. The fourth-order valence-corrected chi connectivity index (χ4v) is 3.59. The first-order valence-corrected chi connectivity index (χ1v) is 6.99. The van der Waals surface area contributed by atoms with E-state index in [-0.39, 0.29) is 0 Å². The maximum atomic E-state index is 11.6. The third kappa shape index (κ3) is 2.09. The van der Waals surface area contributed by atoms with Crippen molar-refractivity contribution < 1.29 is 19.4 Å². The fourth-order valence-electron chi connectivity index (χ4n) is 2.51. The molecular formula is C13H14BrClO4. The second-order valence-corrected chi connectivity index (χ2v) is 5.78. The molecule has 1 aliphatic rings. The largest absolute Gasteiger partial charge is 0.492 e. The van der Waals surface area contributed by atoms with Gasteiger partial charge in [0.1, 0.15) is 0 Å². The van der Waals surface area contributed by atoms with Crippen molar-refractivity contribution in [3.05, 3.63) is 21.1 Å². The van der Waals surface area contributed by atoms with E-state index in [1.54, 1.807) is 6.07 Å². The lowest BCUT2D eigenvalue weighted by molar-refractivity contribution is -0.147. The number of ether oxygens (including phenoxy) is 2. The SMILES string of the molecule is COc1c(Br)cc(Cl)c(C2(C(=O)O)CCC2)c1OC. The number of methoxy groups -OCH3 is 2. The summed E-state index contributed by atoms with van der Waals surface area (Å²) >= 11 is 9.59. The minimum Gasteiger partial charge on any atom is -0.492 e. The summed E-state index contributed by atoms with van der Waals surface area (Å²) in [6.07, 6.45) is 1.98. The summed E-state index contributed by atoms with van der Waals surface area (Å²) in [5.41, 5.74) is -0.452. The molecule has 0 aromatic heterocycles. The van der Waals surface area contributed by atoms with Crippen molar-refractivity contribution in [3.8, 4) is 11.5 Å². The van der Waals surface area contributed by atoms with Crippen LogP contribution in [0.3, 0.4) is 0 Å². The lowest BCUT2D eigenvalue weighted by Crippen LogP contribution is -2.42. The predicted molar refractivity (Wildman–Crippen MR) is 75.4 cm³/mol. The van der Waals surface area contributed by atoms with Gasteiger partial charge in [0.2, 0.25) is 0 Å². The van der Waals surface area contributed by atoms with Gasteiger partial charge in [-0.2, -0.15) is 0 Å². The molecule has 0 bridgehead atoms. The van der Waals surface area contributed by atoms with Crippen LogP contribution < -0.4 is 9.47 Å². The molecule has 104 valence electrons. The molecule has 0 spiro atoms. The van der Waals surface area contributed by atoms with Gasteiger partial charge in [-0.25, -0.2) is 0 Å². The van der Waals surface area contributed by atoms with Crippen molar-refractivity contribution in [2.75, 3.05) is 14.2 Å². The van der Waals surface area contributed by atoms with Gasteiger partial charge < -0.3 is 14.6 Å². The van der Waals surface area contributed by atoms with Gasteiger partial charge in [0.15, 0.2) is 11.5 Å². The van der Waals surface area contributed by atoms with Crippen LogP contribution in [0.2, 0.25) is 5.02 Å². The Morgan fingerprint density at radius 3 is 2.32 bits per heavy atom. The van der Waals surface area contributed by atoms with Crippen LogP contribution in [0, 0.1) is 0 Å². The highest BCUT2D eigenvalue weighted by Gasteiger charge is 2.49. The monoisotopic (exact) mass is 348 g/mol. The van der Waals surface area contributed by atoms with Gasteiger partial charge in [-0.05, 0) is 34.8 Å². The van der Waals surface area contributed by atoms with Crippen LogP contribution in [0.1, 0.15) is 24.8 Å². The second-order valence-electron chi connectivity index (χ2n) is 4.52. The Labute approximate surface area is 124 Å². The maximum absolute atomic E-state index is 11.6. The van der Waals surface area contributed by atoms with Gasteiger partial charge in [0.25, 0.3) is 0 Å². The van der Waals surface area contributed by atoms with E-state index in [1.165, 1.54) is 14.2 Å². The smallest absolute Gasteiger partial charge is 0.314 e. The van der Waals surface area contributed by atoms with Crippen molar-refractivity contribution in [1.82, 2.24) is 0 Å². The van der Waals surface area contributed by atoms with E-state index >= 15 is 0 Å². The van der Waals surface area contributed by atoms with Crippen LogP contribution in [0.5, 0.6) is 11.5 Å². The van der Waals surface area contributed by atoms with E-state index in [4.69, 9.17) is 21.1 Å². The average Bonchev–Trinajstić information content (AvgIpc) is 2.29. The minimum atomic E-state index is -0.962. The fraction of sp³-hybridized carbons (Fsp3) is 0.462. The Morgan fingerprint density at radius 2 is 1.95 bits per heavy atom. The van der Waals surface area contributed by atoms with Crippen molar-refractivity contribution >= 4 is 33.5 Å². The van der Waals surface area contributed by atoms with E-state index in [9.17, 15) is 9.90 Å². The number of carboxylic acid groups (broad SMARTS) is 1. The first kappa shape index (κ1) is 14.5. The molecule has 0 saturated heterocycles. The zero-order valence-electron chi connectivity index (χ0n) is 10.6. The van der Waals surface area contributed by atoms with E-state index < -0.39 is 11.4 Å². The molecule has 4 nitrogen and oxygen atoms in total. The molecule has 1 aromatic carbocycles. The zero-order valence-corrected chi connectivity index (χ0v) is 13.0. The van der Waals surface area contributed by atoms with Crippen LogP contribution in [-0.4, -0.2) is 25.3 Å². The third-order valence-electron chi connectivity index (χ3n) is 3.65. The summed E-state index contributed by atoms with van der Waals surface area (Å²) in [5.74, 6) is -0.0123. The van der Waals surface area contributed by atoms with Gasteiger partial charge in [-0.15, -0.1) is 0 Å². The highest BCUT2D eigenvalue weighted by molar-refractivity contribution is 9.10. The van der Waals surface area contributed by atoms with Crippen LogP contribution in [0.15, 0.2) is 10.5 Å². The molecule has 0 unspecified atom stereocenters. The molecule has 1 aliphatic carbocycles. The highest BCUT2D eigenvalue weighted by Crippen LogP contribution is 2.54. The number of halogens is 2. The molecule has 19 heavy (non-hydrogen) atoms. The van der Waals surface area contributed by atoms with Crippen LogP contribution in [0.4, 0.5) is 0 Å². The molecule has 0 amide bonds. The summed E-state index contributed by atoms with van der Waals surface area (Å²) in [7, 11) is 2.99. The van der Waals surface area contributed by atoms with Gasteiger partial charge in [-0.3, -0.25) is 4.79 Å². The molecular weight excluding hydrogens is 335 g/mol. The number of carbonyl (C=O) groups is 1. The number of aliphatic carboxylic acids is 1. The van der Waals surface area contributed by atoms with Crippen LogP contribution in [-0.2, 0) is 10.2 Å². The first-order valence-electron chi connectivity index (χ1n) is 5.81. The second kappa shape index (κ2) is 5.21. The van der Waals surface area contributed by atoms with Gasteiger partial charge >= 0.3 is 5.97 Å². The molecule has 6 heteroatoms. The van der Waals surface area contributed by atoms with Crippen molar-refractivity contribution in [3.63, 3.8) is 0 Å². The van der Waals surface area contributed by atoms with E-state index in [0.717, 1.165) is 6.42 Å². The lowest BCUT2D eigenvalue weighted by Gasteiger charge is -2.39. The molecule has 0 aliphatic heterocycles. The normalized spacial score (nSPS) is 16.6. The summed E-state index contributed by atoms with van der Waals surface area (Å²) in [6.45, 7) is 0. The maximum Gasteiger partial charge on any atom is 0.314 e. The quantitative estimate of drug-likeness (QED) is 0.902. The van der Waals surface area contributed by atoms with E-state index in [0.29, 0.717) is 39.4 Å². The Balaban J connectivity index is 2.72. The third-order valence-corrected chi connectivity index (χ3v) is 4.53. The topological polar surface area (TPSA) is 55.8 Å². The predicted octanol–water partition coefficient (Wildman–Crippen LogP) is 3.63. The first-order chi connectivity index (χ1) is 8.97. The van der Waals surface area contributed by atoms with Crippen LogP contribution >= 0.6 is 27.5 Å². The number of rotatable bonds is 4. The zero-order chi connectivity index (χ0) is 14.2. The Morgan fingerprint density at radius 1 is 1.37 bits per heavy atom. The van der Waals surface area contributed by atoms with Crippen LogP contribution in [0.25, 0.3) is 0 Å². The molecule has 1 saturated carbocycles. The number of carboxylic acids is 1. The van der Waals surface area contributed by atoms with Gasteiger partial charge in [0.05, 0.1) is 29.1 Å². The molecule has 2 rings (SSSR count). The summed E-state index contributed by atoms with van der Waals surface area (Å²) < 4.78 is 11.3. The molecule has 1 aromatic rings. The molecule has 1 N–H and O–H groups in total. The standard InChI is InChI=1S/C13H14BrClO4/c1-18-10-7(14)6-8(15)9(11(10)19-2)13(12(16)17)4-3-5-13/h6H,3-5H2,1-2H3,(H,16,17).